The molecular weight excluding hydrogens is 219 g/mol. The number of esters is 1. The van der Waals surface area contributed by atoms with Crippen molar-refractivity contribution in [3.8, 4) is 0 Å². The molecule has 0 spiro atoms. The van der Waals surface area contributed by atoms with Crippen LogP contribution >= 0.6 is 0 Å². The molecule has 0 aromatic rings. The molecule has 1 heterocycles. The number of allylic oxidation sites excluding steroid dienone is 1. The molecule has 5 heteroatoms. The molecule has 1 fully saturated rings. The molecule has 1 aliphatic rings. The summed E-state index contributed by atoms with van der Waals surface area (Å²) in [6.07, 6.45) is 5.23. The molecule has 17 heavy (non-hydrogen) atoms. The Morgan fingerprint density at radius 1 is 1.29 bits per heavy atom. The number of rotatable bonds is 6. The molecule has 0 N–H and O–H groups in total. The summed E-state index contributed by atoms with van der Waals surface area (Å²) in [5, 5.41) is 0. The van der Waals surface area contributed by atoms with Crippen molar-refractivity contribution in [3.63, 3.8) is 0 Å². The van der Waals surface area contributed by atoms with E-state index < -0.39 is 0 Å². The van der Waals surface area contributed by atoms with Gasteiger partial charge in [-0.2, -0.15) is 0 Å². The van der Waals surface area contributed by atoms with E-state index in [1.807, 2.05) is 19.8 Å². The van der Waals surface area contributed by atoms with Crippen LogP contribution in [0.2, 0.25) is 0 Å². The van der Waals surface area contributed by atoms with E-state index in [2.05, 4.69) is 6.08 Å². The molecule has 0 bridgehead atoms. The molecule has 0 amide bonds. The molecule has 2 atom stereocenters. The summed E-state index contributed by atoms with van der Waals surface area (Å²) < 4.78 is 15.9. The fourth-order valence-electron chi connectivity index (χ4n) is 1.55. The van der Waals surface area contributed by atoms with Gasteiger partial charge in [-0.1, -0.05) is 12.1 Å². The average Bonchev–Trinajstić information content (AvgIpc) is 2.56. The molecule has 4 nitrogen and oxygen atoms in total. The van der Waals surface area contributed by atoms with Gasteiger partial charge < -0.3 is 14.0 Å². The number of ether oxygens (including phenoxy) is 1. The average molecular weight is 240 g/mol. The Morgan fingerprint density at radius 3 is 2.53 bits per heavy atom. The molecule has 0 aromatic heterocycles. The van der Waals surface area contributed by atoms with Crippen molar-refractivity contribution < 1.29 is 18.8 Å². The first kappa shape index (κ1) is 14.3. The predicted molar refractivity (Wildman–Crippen MR) is 66.5 cm³/mol. The van der Waals surface area contributed by atoms with Gasteiger partial charge in [-0.15, -0.1) is 0 Å². The van der Waals surface area contributed by atoms with E-state index in [-0.39, 0.29) is 25.3 Å². The Kier molecular flexibility index (Phi) is 6.30. The molecule has 1 aliphatic heterocycles. The van der Waals surface area contributed by atoms with Gasteiger partial charge in [-0.05, 0) is 33.1 Å². The van der Waals surface area contributed by atoms with Crippen LogP contribution in [0.25, 0.3) is 0 Å². The van der Waals surface area contributed by atoms with E-state index in [9.17, 15) is 4.79 Å². The van der Waals surface area contributed by atoms with Crippen LogP contribution in [0.4, 0.5) is 0 Å². The van der Waals surface area contributed by atoms with Gasteiger partial charge in [0.15, 0.2) is 0 Å². The fourth-order valence-corrected chi connectivity index (χ4v) is 1.55. The van der Waals surface area contributed by atoms with Crippen LogP contribution < -0.4 is 0 Å². The van der Waals surface area contributed by atoms with E-state index in [0.717, 1.165) is 19.3 Å². The van der Waals surface area contributed by atoms with E-state index >= 15 is 0 Å². The van der Waals surface area contributed by atoms with Crippen molar-refractivity contribution in [2.24, 2.45) is 0 Å². The normalized spacial score (nSPS) is 24.5. The lowest BCUT2D eigenvalue weighted by molar-refractivity contribution is -0.141. The molecular formula is C12H21BO4. The Labute approximate surface area is 103 Å². The third-order valence-corrected chi connectivity index (χ3v) is 2.72. The fraction of sp³-hybridized carbons (Fsp3) is 0.750. The monoisotopic (exact) mass is 240 g/mol. The second-order valence-corrected chi connectivity index (χ2v) is 4.31. The van der Waals surface area contributed by atoms with Crippen molar-refractivity contribution in [3.05, 3.63) is 12.1 Å². The van der Waals surface area contributed by atoms with Crippen molar-refractivity contribution in [2.45, 2.75) is 52.2 Å². The number of carbonyl (C=O) groups excluding carboxylic acids is 1. The second kappa shape index (κ2) is 7.51. The third kappa shape index (κ3) is 5.89. The predicted octanol–water partition coefficient (Wildman–Crippen LogP) is 2.13. The number of unbranched alkanes of at least 4 members (excludes halogenated alkanes) is 2. The lowest BCUT2D eigenvalue weighted by Gasteiger charge is -2.04. The lowest BCUT2D eigenvalue weighted by Crippen LogP contribution is -2.13. The Morgan fingerprint density at radius 2 is 1.94 bits per heavy atom. The van der Waals surface area contributed by atoms with Crippen LogP contribution in [0.1, 0.15) is 40.0 Å². The number of hydrogen-bond acceptors (Lipinski definition) is 4. The minimum absolute atomic E-state index is 0.161. The summed E-state index contributed by atoms with van der Waals surface area (Å²) in [6.45, 7) is 5.96. The van der Waals surface area contributed by atoms with Crippen molar-refractivity contribution >= 4 is 13.1 Å². The van der Waals surface area contributed by atoms with E-state index in [0.29, 0.717) is 6.61 Å². The van der Waals surface area contributed by atoms with Gasteiger partial charge in [0.2, 0.25) is 0 Å². The first-order valence-corrected chi connectivity index (χ1v) is 6.20. The van der Waals surface area contributed by atoms with Gasteiger partial charge in [-0.25, -0.2) is 0 Å². The molecule has 0 aromatic carbocycles. The highest BCUT2D eigenvalue weighted by molar-refractivity contribution is 6.51. The minimum atomic E-state index is -0.212. The van der Waals surface area contributed by atoms with E-state index in [1.54, 1.807) is 0 Å². The van der Waals surface area contributed by atoms with Crippen molar-refractivity contribution in [1.29, 1.82) is 0 Å². The Bertz CT molecular complexity index is 257. The maximum absolute atomic E-state index is 10.5. The Hall–Kier alpha value is -0.805. The highest BCUT2D eigenvalue weighted by Crippen LogP contribution is 2.16. The molecule has 0 aliphatic carbocycles. The molecule has 1 saturated heterocycles. The van der Waals surface area contributed by atoms with Crippen LogP contribution in [0.5, 0.6) is 0 Å². The quantitative estimate of drug-likeness (QED) is 0.405. The zero-order valence-electron chi connectivity index (χ0n) is 10.8. The number of hydrogen-bond donors (Lipinski definition) is 0. The van der Waals surface area contributed by atoms with Gasteiger partial charge in [0.1, 0.15) is 0 Å². The molecule has 2 unspecified atom stereocenters. The summed E-state index contributed by atoms with van der Waals surface area (Å²) in [6, 6.07) is 0. The zero-order chi connectivity index (χ0) is 12.7. The van der Waals surface area contributed by atoms with Crippen LogP contribution in [-0.2, 0) is 18.8 Å². The summed E-state index contributed by atoms with van der Waals surface area (Å²) in [7, 11) is -0.200. The maximum atomic E-state index is 10.5. The summed E-state index contributed by atoms with van der Waals surface area (Å²) >= 11 is 0. The lowest BCUT2D eigenvalue weighted by atomic mass is 9.90. The number of carbonyl (C=O) groups is 1. The molecule has 0 saturated carbocycles. The summed E-state index contributed by atoms with van der Waals surface area (Å²) in [5.41, 5.74) is 0. The van der Waals surface area contributed by atoms with Crippen LogP contribution in [-0.4, -0.2) is 31.9 Å². The van der Waals surface area contributed by atoms with Gasteiger partial charge in [0.05, 0.1) is 18.8 Å². The van der Waals surface area contributed by atoms with Crippen LogP contribution in [0.3, 0.4) is 0 Å². The van der Waals surface area contributed by atoms with E-state index in [4.69, 9.17) is 14.0 Å². The SMILES string of the molecule is CC(=O)OCCCC/C=C/B1OC(C)C(C)O1. The van der Waals surface area contributed by atoms with Crippen LogP contribution in [0, 0.1) is 0 Å². The highest BCUT2D eigenvalue weighted by atomic mass is 16.6. The van der Waals surface area contributed by atoms with Gasteiger partial charge in [-0.3, -0.25) is 4.79 Å². The highest BCUT2D eigenvalue weighted by Gasteiger charge is 2.31. The third-order valence-electron chi connectivity index (χ3n) is 2.72. The van der Waals surface area contributed by atoms with Gasteiger partial charge >= 0.3 is 13.1 Å². The zero-order valence-corrected chi connectivity index (χ0v) is 10.8. The first-order chi connectivity index (χ1) is 8.09. The van der Waals surface area contributed by atoms with Crippen molar-refractivity contribution in [1.82, 2.24) is 0 Å². The largest absolute Gasteiger partial charge is 0.486 e. The minimum Gasteiger partial charge on any atom is -0.466 e. The summed E-state index contributed by atoms with van der Waals surface area (Å²) in [5.74, 6) is 1.74. The topological polar surface area (TPSA) is 44.8 Å². The summed E-state index contributed by atoms with van der Waals surface area (Å²) in [4.78, 5) is 10.5. The smallest absolute Gasteiger partial charge is 0.466 e. The first-order valence-electron chi connectivity index (χ1n) is 6.20. The molecule has 1 rings (SSSR count). The van der Waals surface area contributed by atoms with Crippen molar-refractivity contribution in [2.75, 3.05) is 6.61 Å². The van der Waals surface area contributed by atoms with Crippen LogP contribution in [0.15, 0.2) is 12.1 Å². The molecule has 0 radical (unpaired) electrons. The van der Waals surface area contributed by atoms with Gasteiger partial charge in [0, 0.05) is 6.92 Å². The second-order valence-electron chi connectivity index (χ2n) is 4.31. The maximum Gasteiger partial charge on any atom is 0.486 e. The Balaban J connectivity index is 2.01. The van der Waals surface area contributed by atoms with Gasteiger partial charge in [0.25, 0.3) is 0 Å². The standard InChI is InChI=1S/C12H21BO4/c1-10-11(2)17-13(16-10)8-6-4-5-7-9-15-12(3)14/h6,8,10-11H,4-5,7,9H2,1-3H3/b8-6+. The van der Waals surface area contributed by atoms with E-state index in [1.165, 1.54) is 6.92 Å². The molecule has 96 valence electrons.